The molecule has 1 aromatic heterocycles. The van der Waals surface area contributed by atoms with Crippen molar-refractivity contribution in [3.63, 3.8) is 0 Å². The lowest BCUT2D eigenvalue weighted by Crippen LogP contribution is -2.38. The number of aliphatic carboxylic acids is 1. The first-order valence-corrected chi connectivity index (χ1v) is 6.66. The minimum atomic E-state index is -0.798. The molecule has 19 heavy (non-hydrogen) atoms. The van der Waals surface area contributed by atoms with Crippen molar-refractivity contribution in [2.45, 2.75) is 38.3 Å². The molecule has 2 aliphatic rings. The maximum atomic E-state index is 12.4. The van der Waals surface area contributed by atoms with Gasteiger partial charge in [0.05, 0.1) is 5.92 Å². The third-order valence-electron chi connectivity index (χ3n) is 4.13. The lowest BCUT2D eigenvalue weighted by molar-refractivity contribution is -0.141. The van der Waals surface area contributed by atoms with E-state index in [1.807, 2.05) is 11.8 Å². The largest absolute Gasteiger partial charge is 0.481 e. The molecule has 0 radical (unpaired) electrons. The molecule has 2 atom stereocenters. The van der Waals surface area contributed by atoms with Crippen LogP contribution in [0.3, 0.4) is 0 Å². The Hall–Kier alpha value is -1.85. The molecular weight excluding hydrogens is 246 g/mol. The molecule has 2 unspecified atom stereocenters. The SMILES string of the molecule is CC1C(C(=O)O)CCN1c1nccn(C2CC2)c1=O. The van der Waals surface area contributed by atoms with Crippen molar-refractivity contribution in [1.29, 1.82) is 0 Å². The summed E-state index contributed by atoms with van der Waals surface area (Å²) in [6.07, 6.45) is 6.00. The second-order valence-electron chi connectivity index (χ2n) is 5.36. The van der Waals surface area contributed by atoms with E-state index >= 15 is 0 Å². The van der Waals surface area contributed by atoms with Gasteiger partial charge in [-0.15, -0.1) is 0 Å². The van der Waals surface area contributed by atoms with Gasteiger partial charge in [0.2, 0.25) is 0 Å². The molecule has 102 valence electrons. The highest BCUT2D eigenvalue weighted by atomic mass is 16.4. The fourth-order valence-corrected chi connectivity index (χ4v) is 2.82. The van der Waals surface area contributed by atoms with Crippen LogP contribution in [-0.4, -0.2) is 33.2 Å². The number of anilines is 1. The van der Waals surface area contributed by atoms with Crippen LogP contribution in [0.5, 0.6) is 0 Å². The van der Waals surface area contributed by atoms with Crippen LogP contribution in [0.25, 0.3) is 0 Å². The van der Waals surface area contributed by atoms with Crippen LogP contribution in [0.15, 0.2) is 17.2 Å². The number of carbonyl (C=O) groups is 1. The molecule has 6 heteroatoms. The zero-order valence-electron chi connectivity index (χ0n) is 10.8. The fraction of sp³-hybridized carbons (Fsp3) is 0.615. The molecule has 1 saturated carbocycles. The average Bonchev–Trinajstić information content (AvgIpc) is 3.13. The summed E-state index contributed by atoms with van der Waals surface area (Å²) in [4.78, 5) is 29.5. The second-order valence-corrected chi connectivity index (χ2v) is 5.36. The molecule has 1 aliphatic carbocycles. The van der Waals surface area contributed by atoms with E-state index in [2.05, 4.69) is 4.98 Å². The van der Waals surface area contributed by atoms with Gasteiger partial charge in [0, 0.05) is 31.0 Å². The molecule has 6 nitrogen and oxygen atoms in total. The van der Waals surface area contributed by atoms with Crippen LogP contribution in [0.1, 0.15) is 32.2 Å². The summed E-state index contributed by atoms with van der Waals surface area (Å²) in [7, 11) is 0. The number of rotatable bonds is 3. The molecule has 0 amide bonds. The summed E-state index contributed by atoms with van der Waals surface area (Å²) < 4.78 is 1.73. The average molecular weight is 263 g/mol. The highest BCUT2D eigenvalue weighted by Gasteiger charge is 2.38. The minimum Gasteiger partial charge on any atom is -0.481 e. The summed E-state index contributed by atoms with van der Waals surface area (Å²) in [5.41, 5.74) is -0.0945. The van der Waals surface area contributed by atoms with E-state index in [-0.39, 0.29) is 11.6 Å². The van der Waals surface area contributed by atoms with Crippen molar-refractivity contribution in [1.82, 2.24) is 9.55 Å². The quantitative estimate of drug-likeness (QED) is 0.876. The van der Waals surface area contributed by atoms with Crippen LogP contribution >= 0.6 is 0 Å². The first-order chi connectivity index (χ1) is 9.09. The molecule has 0 bridgehead atoms. The van der Waals surface area contributed by atoms with Gasteiger partial charge < -0.3 is 14.6 Å². The highest BCUT2D eigenvalue weighted by Crippen LogP contribution is 2.34. The van der Waals surface area contributed by atoms with E-state index in [4.69, 9.17) is 5.11 Å². The van der Waals surface area contributed by atoms with E-state index in [0.717, 1.165) is 12.8 Å². The monoisotopic (exact) mass is 263 g/mol. The molecule has 1 N–H and O–H groups in total. The Morgan fingerprint density at radius 3 is 2.74 bits per heavy atom. The Morgan fingerprint density at radius 2 is 2.16 bits per heavy atom. The summed E-state index contributed by atoms with van der Waals surface area (Å²) in [5, 5.41) is 9.14. The van der Waals surface area contributed by atoms with Gasteiger partial charge in [-0.2, -0.15) is 0 Å². The van der Waals surface area contributed by atoms with E-state index < -0.39 is 11.9 Å². The van der Waals surface area contributed by atoms with Gasteiger partial charge in [-0.3, -0.25) is 9.59 Å². The third kappa shape index (κ3) is 2.01. The van der Waals surface area contributed by atoms with Crippen molar-refractivity contribution in [3.05, 3.63) is 22.7 Å². The fourth-order valence-electron chi connectivity index (χ4n) is 2.82. The highest BCUT2D eigenvalue weighted by molar-refractivity contribution is 5.72. The summed E-state index contributed by atoms with van der Waals surface area (Å²) in [5.74, 6) is -0.824. The first-order valence-electron chi connectivity index (χ1n) is 6.66. The first kappa shape index (κ1) is 12.2. The number of nitrogens with zero attached hydrogens (tertiary/aromatic N) is 3. The van der Waals surface area contributed by atoms with Gasteiger partial charge in [-0.25, -0.2) is 4.98 Å². The van der Waals surface area contributed by atoms with Gasteiger partial charge in [0.15, 0.2) is 5.82 Å². The van der Waals surface area contributed by atoms with Crippen molar-refractivity contribution in [3.8, 4) is 0 Å². The second kappa shape index (κ2) is 4.36. The Bertz CT molecular complexity index is 564. The van der Waals surface area contributed by atoms with Crippen molar-refractivity contribution >= 4 is 11.8 Å². The van der Waals surface area contributed by atoms with Crippen molar-refractivity contribution < 1.29 is 9.90 Å². The molecule has 1 saturated heterocycles. The number of aromatic nitrogens is 2. The zero-order chi connectivity index (χ0) is 13.6. The minimum absolute atomic E-state index is 0.0945. The summed E-state index contributed by atoms with van der Waals surface area (Å²) in [6.45, 7) is 2.43. The van der Waals surface area contributed by atoms with Crippen LogP contribution in [-0.2, 0) is 4.79 Å². The summed E-state index contributed by atoms with van der Waals surface area (Å²) in [6, 6.07) is 0.121. The van der Waals surface area contributed by atoms with Crippen LogP contribution in [0, 0.1) is 5.92 Å². The van der Waals surface area contributed by atoms with Gasteiger partial charge in [0.25, 0.3) is 5.56 Å². The zero-order valence-corrected chi connectivity index (χ0v) is 10.8. The van der Waals surface area contributed by atoms with Crippen molar-refractivity contribution in [2.75, 3.05) is 11.4 Å². The van der Waals surface area contributed by atoms with Crippen LogP contribution < -0.4 is 10.5 Å². The molecular formula is C13H17N3O3. The normalized spacial score (nSPS) is 26.7. The molecule has 2 fully saturated rings. The number of hydrogen-bond donors (Lipinski definition) is 1. The van der Waals surface area contributed by atoms with Crippen LogP contribution in [0.2, 0.25) is 0 Å². The molecule has 1 aromatic rings. The van der Waals surface area contributed by atoms with Gasteiger partial charge in [0.1, 0.15) is 0 Å². The molecule has 1 aliphatic heterocycles. The smallest absolute Gasteiger partial charge is 0.308 e. The van der Waals surface area contributed by atoms with E-state index in [0.29, 0.717) is 24.8 Å². The molecule has 0 spiro atoms. The number of carboxylic acids is 1. The number of carboxylic acid groups (broad SMARTS) is 1. The van der Waals surface area contributed by atoms with E-state index in [1.54, 1.807) is 17.0 Å². The van der Waals surface area contributed by atoms with Gasteiger partial charge in [-0.1, -0.05) is 0 Å². The predicted octanol–water partition coefficient (Wildman–Crippen LogP) is 0.878. The van der Waals surface area contributed by atoms with Crippen molar-refractivity contribution in [2.24, 2.45) is 5.92 Å². The Kier molecular flexibility index (Phi) is 2.80. The van der Waals surface area contributed by atoms with E-state index in [9.17, 15) is 9.59 Å². The van der Waals surface area contributed by atoms with Crippen LogP contribution in [0.4, 0.5) is 5.82 Å². The maximum absolute atomic E-state index is 12.4. The predicted molar refractivity (Wildman–Crippen MR) is 69.3 cm³/mol. The lowest BCUT2D eigenvalue weighted by Gasteiger charge is -2.24. The Balaban J connectivity index is 1.93. The third-order valence-corrected chi connectivity index (χ3v) is 4.13. The standard InChI is InChI=1S/C13H17N3O3/c1-8-10(13(18)19)4-6-15(8)11-12(17)16(7-5-14-11)9-2-3-9/h5,7-10H,2-4,6H2,1H3,(H,18,19). The molecule has 3 rings (SSSR count). The Morgan fingerprint density at radius 1 is 1.42 bits per heavy atom. The van der Waals surface area contributed by atoms with E-state index in [1.165, 1.54) is 0 Å². The molecule has 2 heterocycles. The maximum Gasteiger partial charge on any atom is 0.308 e. The number of hydrogen-bond acceptors (Lipinski definition) is 4. The molecule has 0 aromatic carbocycles. The topological polar surface area (TPSA) is 75.4 Å². The summed E-state index contributed by atoms with van der Waals surface area (Å²) >= 11 is 0. The Labute approximate surface area is 110 Å². The van der Waals surface area contributed by atoms with Gasteiger partial charge in [-0.05, 0) is 26.2 Å². The van der Waals surface area contributed by atoms with Gasteiger partial charge >= 0.3 is 5.97 Å². The lowest BCUT2D eigenvalue weighted by atomic mass is 10.0.